The van der Waals surface area contributed by atoms with E-state index in [9.17, 15) is 9.59 Å². The Bertz CT molecular complexity index is 499. The number of likely N-dealkylation sites (tertiary alicyclic amines) is 1. The van der Waals surface area contributed by atoms with Gasteiger partial charge in [-0.05, 0) is 37.8 Å². The number of benzene rings is 1. The highest BCUT2D eigenvalue weighted by atomic mass is 16.6. The van der Waals surface area contributed by atoms with Crippen molar-refractivity contribution in [3.05, 3.63) is 30.3 Å². The average Bonchev–Trinajstić information content (AvgIpc) is 3.12. The fourth-order valence-corrected chi connectivity index (χ4v) is 2.43. The van der Waals surface area contributed by atoms with E-state index in [1.165, 1.54) is 4.90 Å². The van der Waals surface area contributed by atoms with Crippen molar-refractivity contribution in [2.45, 2.75) is 37.8 Å². The summed E-state index contributed by atoms with van der Waals surface area (Å²) in [6, 6.07) is 8.87. The van der Waals surface area contributed by atoms with Gasteiger partial charge in [-0.1, -0.05) is 18.2 Å². The molecule has 1 aromatic rings. The second-order valence-corrected chi connectivity index (χ2v) is 5.32. The highest BCUT2D eigenvalue weighted by Gasteiger charge is 2.37. The van der Waals surface area contributed by atoms with E-state index in [0.717, 1.165) is 19.3 Å². The zero-order valence-corrected chi connectivity index (χ0v) is 11.2. The normalized spacial score (nSPS) is 21.6. The Kier molecular flexibility index (Phi) is 3.58. The van der Waals surface area contributed by atoms with Crippen molar-refractivity contribution in [3.8, 4) is 5.75 Å². The molecule has 2 aliphatic rings. The zero-order valence-electron chi connectivity index (χ0n) is 11.2. The van der Waals surface area contributed by atoms with Gasteiger partial charge in [0.25, 0.3) is 0 Å². The molecule has 1 saturated heterocycles. The van der Waals surface area contributed by atoms with Crippen LogP contribution in [0.4, 0.5) is 4.79 Å². The number of rotatable bonds is 3. The number of para-hydroxylation sites is 1. The summed E-state index contributed by atoms with van der Waals surface area (Å²) in [7, 11) is 0. The molecule has 0 spiro atoms. The maximum Gasteiger partial charge on any atom is 0.415 e. The lowest BCUT2D eigenvalue weighted by atomic mass is 10.2. The van der Waals surface area contributed by atoms with E-state index in [2.05, 4.69) is 5.32 Å². The van der Waals surface area contributed by atoms with E-state index in [1.54, 1.807) is 12.1 Å². The van der Waals surface area contributed by atoms with Crippen LogP contribution in [0.1, 0.15) is 25.7 Å². The molecule has 3 rings (SSSR count). The summed E-state index contributed by atoms with van der Waals surface area (Å²) in [5.41, 5.74) is 0. The van der Waals surface area contributed by atoms with Crippen LogP contribution in [0.15, 0.2) is 30.3 Å². The monoisotopic (exact) mass is 274 g/mol. The summed E-state index contributed by atoms with van der Waals surface area (Å²) in [6.07, 6.45) is 3.21. The zero-order chi connectivity index (χ0) is 13.9. The fourth-order valence-electron chi connectivity index (χ4n) is 2.43. The van der Waals surface area contributed by atoms with Crippen LogP contribution in [-0.2, 0) is 4.79 Å². The SMILES string of the molecule is O=C(NC1CC1)C1CCCN1C(=O)Oc1ccccc1. The van der Waals surface area contributed by atoms with Gasteiger partial charge >= 0.3 is 6.09 Å². The van der Waals surface area contributed by atoms with Crippen LogP contribution in [0.25, 0.3) is 0 Å². The van der Waals surface area contributed by atoms with Crippen LogP contribution in [0.5, 0.6) is 5.75 Å². The number of hydrogen-bond acceptors (Lipinski definition) is 3. The molecule has 2 fully saturated rings. The highest BCUT2D eigenvalue weighted by Crippen LogP contribution is 2.23. The van der Waals surface area contributed by atoms with Gasteiger partial charge in [0.1, 0.15) is 11.8 Å². The molecule has 0 bridgehead atoms. The number of carbonyl (C=O) groups is 2. The third kappa shape index (κ3) is 2.92. The van der Waals surface area contributed by atoms with Crippen LogP contribution >= 0.6 is 0 Å². The smallest absolute Gasteiger partial charge is 0.410 e. The van der Waals surface area contributed by atoms with Gasteiger partial charge in [-0.2, -0.15) is 0 Å². The van der Waals surface area contributed by atoms with E-state index in [-0.39, 0.29) is 11.9 Å². The lowest BCUT2D eigenvalue weighted by Crippen LogP contribution is -2.47. The predicted octanol–water partition coefficient (Wildman–Crippen LogP) is 1.93. The quantitative estimate of drug-likeness (QED) is 0.916. The van der Waals surface area contributed by atoms with E-state index >= 15 is 0 Å². The summed E-state index contributed by atoms with van der Waals surface area (Å²) in [5.74, 6) is 0.459. The Morgan fingerprint density at radius 3 is 2.60 bits per heavy atom. The van der Waals surface area contributed by atoms with Crippen molar-refractivity contribution in [3.63, 3.8) is 0 Å². The summed E-state index contributed by atoms with van der Waals surface area (Å²) in [4.78, 5) is 25.8. The second-order valence-electron chi connectivity index (χ2n) is 5.32. The number of carbonyl (C=O) groups excluding carboxylic acids is 2. The third-order valence-corrected chi connectivity index (χ3v) is 3.66. The number of ether oxygens (including phenoxy) is 1. The summed E-state index contributed by atoms with van der Waals surface area (Å²) in [5, 5.41) is 2.96. The van der Waals surface area contributed by atoms with Crippen molar-refractivity contribution < 1.29 is 14.3 Å². The molecule has 0 aromatic heterocycles. The maximum absolute atomic E-state index is 12.2. The Labute approximate surface area is 117 Å². The molecule has 1 aliphatic carbocycles. The van der Waals surface area contributed by atoms with E-state index in [4.69, 9.17) is 4.74 Å². The van der Waals surface area contributed by atoms with Crippen molar-refractivity contribution >= 4 is 12.0 Å². The molecule has 1 saturated carbocycles. The minimum Gasteiger partial charge on any atom is -0.410 e. The van der Waals surface area contributed by atoms with Gasteiger partial charge in [0.05, 0.1) is 0 Å². The molecule has 5 heteroatoms. The minimum absolute atomic E-state index is 0.0463. The standard InChI is InChI=1S/C15H18N2O3/c18-14(16-11-8-9-11)13-7-4-10-17(13)15(19)20-12-5-2-1-3-6-12/h1-3,5-6,11,13H,4,7-10H2,(H,16,18). The predicted molar refractivity (Wildman–Crippen MR) is 73.4 cm³/mol. The lowest BCUT2D eigenvalue weighted by molar-refractivity contribution is -0.125. The molecular weight excluding hydrogens is 256 g/mol. The topological polar surface area (TPSA) is 58.6 Å². The molecule has 1 aromatic carbocycles. The van der Waals surface area contributed by atoms with Gasteiger partial charge < -0.3 is 10.1 Å². The number of nitrogens with one attached hydrogen (secondary N) is 1. The van der Waals surface area contributed by atoms with Crippen LogP contribution in [0.2, 0.25) is 0 Å². The van der Waals surface area contributed by atoms with Crippen LogP contribution in [0.3, 0.4) is 0 Å². The molecule has 2 amide bonds. The molecule has 1 heterocycles. The summed E-state index contributed by atoms with van der Waals surface area (Å²) >= 11 is 0. The summed E-state index contributed by atoms with van der Waals surface area (Å²) < 4.78 is 5.31. The van der Waals surface area contributed by atoms with Gasteiger partial charge in [-0.3, -0.25) is 9.69 Å². The first kappa shape index (κ1) is 13.0. The Morgan fingerprint density at radius 2 is 1.90 bits per heavy atom. The van der Waals surface area contributed by atoms with Gasteiger partial charge in [-0.25, -0.2) is 4.79 Å². The van der Waals surface area contributed by atoms with Crippen molar-refractivity contribution in [2.24, 2.45) is 0 Å². The molecule has 5 nitrogen and oxygen atoms in total. The average molecular weight is 274 g/mol. The van der Waals surface area contributed by atoms with Crippen LogP contribution < -0.4 is 10.1 Å². The van der Waals surface area contributed by atoms with Crippen molar-refractivity contribution in [1.29, 1.82) is 0 Å². The molecule has 1 atom stereocenters. The largest absolute Gasteiger partial charge is 0.415 e. The summed E-state index contributed by atoms with van der Waals surface area (Å²) in [6.45, 7) is 0.578. The first-order chi connectivity index (χ1) is 9.74. The van der Waals surface area contributed by atoms with Gasteiger partial charge in [0.2, 0.25) is 5.91 Å². The molecule has 1 N–H and O–H groups in total. The molecule has 20 heavy (non-hydrogen) atoms. The first-order valence-corrected chi connectivity index (χ1v) is 7.08. The molecule has 1 unspecified atom stereocenters. The number of hydrogen-bond donors (Lipinski definition) is 1. The number of amides is 2. The first-order valence-electron chi connectivity index (χ1n) is 7.08. The maximum atomic E-state index is 12.2. The fraction of sp³-hybridized carbons (Fsp3) is 0.467. The van der Waals surface area contributed by atoms with E-state index < -0.39 is 6.09 Å². The molecule has 0 radical (unpaired) electrons. The minimum atomic E-state index is -0.440. The highest BCUT2D eigenvalue weighted by molar-refractivity contribution is 5.87. The second kappa shape index (κ2) is 5.53. The van der Waals surface area contributed by atoms with Crippen LogP contribution in [0, 0.1) is 0 Å². The molecule has 106 valence electrons. The van der Waals surface area contributed by atoms with E-state index in [1.807, 2.05) is 18.2 Å². The lowest BCUT2D eigenvalue weighted by Gasteiger charge is -2.23. The molecule has 1 aliphatic heterocycles. The Balaban J connectivity index is 1.62. The van der Waals surface area contributed by atoms with Crippen molar-refractivity contribution in [1.82, 2.24) is 10.2 Å². The third-order valence-electron chi connectivity index (χ3n) is 3.66. The van der Waals surface area contributed by atoms with Crippen molar-refractivity contribution in [2.75, 3.05) is 6.54 Å². The Hall–Kier alpha value is -2.04. The number of nitrogens with zero attached hydrogens (tertiary/aromatic N) is 1. The van der Waals surface area contributed by atoms with Crippen LogP contribution in [-0.4, -0.2) is 35.5 Å². The van der Waals surface area contributed by atoms with Gasteiger partial charge in [0.15, 0.2) is 0 Å². The van der Waals surface area contributed by atoms with Gasteiger partial charge in [0, 0.05) is 12.6 Å². The van der Waals surface area contributed by atoms with E-state index in [0.29, 0.717) is 24.8 Å². The Morgan fingerprint density at radius 1 is 1.15 bits per heavy atom. The molecular formula is C15H18N2O3. The van der Waals surface area contributed by atoms with Gasteiger partial charge in [-0.15, -0.1) is 0 Å².